The highest BCUT2D eigenvalue weighted by Gasteiger charge is 2.26. The molecule has 7 heteroatoms. The molecule has 0 unspecified atom stereocenters. The van der Waals surface area contributed by atoms with Gasteiger partial charge in [0, 0.05) is 24.1 Å². The molecular formula is C13H16N4O2S. The second kappa shape index (κ2) is 5.72. The quantitative estimate of drug-likeness (QED) is 0.901. The van der Waals surface area contributed by atoms with Gasteiger partial charge in [-0.2, -0.15) is 5.10 Å². The minimum atomic E-state index is -0.122. The predicted molar refractivity (Wildman–Crippen MR) is 74.8 cm³/mol. The first-order valence-electron chi connectivity index (χ1n) is 6.57. The molecule has 20 heavy (non-hydrogen) atoms. The van der Waals surface area contributed by atoms with E-state index in [4.69, 9.17) is 4.74 Å². The first-order chi connectivity index (χ1) is 9.75. The van der Waals surface area contributed by atoms with Crippen molar-refractivity contribution in [3.8, 4) is 0 Å². The van der Waals surface area contributed by atoms with E-state index in [2.05, 4.69) is 20.5 Å². The van der Waals surface area contributed by atoms with Crippen LogP contribution in [0.2, 0.25) is 0 Å². The second-order valence-electron chi connectivity index (χ2n) is 4.82. The molecule has 1 amide bonds. The monoisotopic (exact) mass is 292 g/mol. The van der Waals surface area contributed by atoms with E-state index in [9.17, 15) is 4.79 Å². The van der Waals surface area contributed by atoms with Gasteiger partial charge in [0.1, 0.15) is 5.01 Å². The van der Waals surface area contributed by atoms with Gasteiger partial charge in [-0.25, -0.2) is 4.98 Å². The summed E-state index contributed by atoms with van der Waals surface area (Å²) in [7, 11) is 0. The minimum absolute atomic E-state index is 0.106. The molecule has 2 N–H and O–H groups in total. The Balaban J connectivity index is 1.72. The number of carbonyl (C=O) groups excluding carboxylic acids is 1. The third-order valence-corrected chi connectivity index (χ3v) is 4.38. The normalized spacial score (nSPS) is 19.9. The molecule has 0 aliphatic carbocycles. The number of aromatic nitrogens is 3. The van der Waals surface area contributed by atoms with Gasteiger partial charge in [-0.15, -0.1) is 11.3 Å². The number of aromatic amines is 1. The largest absolute Gasteiger partial charge is 0.381 e. The van der Waals surface area contributed by atoms with Crippen LogP contribution in [0.3, 0.4) is 0 Å². The van der Waals surface area contributed by atoms with Crippen molar-refractivity contribution in [2.45, 2.75) is 25.3 Å². The number of H-pyrrole nitrogens is 1. The molecule has 1 fully saturated rings. The van der Waals surface area contributed by atoms with Crippen molar-refractivity contribution in [3.63, 3.8) is 0 Å². The summed E-state index contributed by atoms with van der Waals surface area (Å²) in [4.78, 5) is 16.6. The van der Waals surface area contributed by atoms with Crippen molar-refractivity contribution >= 4 is 17.2 Å². The van der Waals surface area contributed by atoms with E-state index in [-0.39, 0.29) is 17.9 Å². The molecule has 2 aromatic rings. The number of ether oxygens (including phenoxy) is 1. The third kappa shape index (κ3) is 2.59. The summed E-state index contributed by atoms with van der Waals surface area (Å²) >= 11 is 1.53. The summed E-state index contributed by atoms with van der Waals surface area (Å²) in [6, 6.07) is -0.106. The highest BCUT2D eigenvalue weighted by molar-refractivity contribution is 7.09. The maximum absolute atomic E-state index is 12.4. The zero-order valence-electron chi connectivity index (χ0n) is 11.1. The average Bonchev–Trinajstić information content (AvgIpc) is 3.19. The molecule has 0 spiro atoms. The number of nitrogens with one attached hydrogen (secondary N) is 2. The van der Waals surface area contributed by atoms with Gasteiger partial charge in [-0.05, 0) is 13.3 Å². The minimum Gasteiger partial charge on any atom is -0.381 e. The lowest BCUT2D eigenvalue weighted by atomic mass is 10.0. The second-order valence-corrected chi connectivity index (χ2v) is 5.75. The van der Waals surface area contributed by atoms with E-state index in [1.807, 2.05) is 12.3 Å². The van der Waals surface area contributed by atoms with Crippen LogP contribution in [0.25, 0.3) is 0 Å². The number of carbonyl (C=O) groups is 1. The summed E-state index contributed by atoms with van der Waals surface area (Å²) in [5.74, 6) is 0.108. The molecular weight excluding hydrogens is 276 g/mol. The topological polar surface area (TPSA) is 79.9 Å². The van der Waals surface area contributed by atoms with Crippen LogP contribution >= 0.6 is 11.3 Å². The summed E-state index contributed by atoms with van der Waals surface area (Å²) in [6.45, 7) is 3.31. The molecule has 0 bridgehead atoms. The van der Waals surface area contributed by atoms with Crippen molar-refractivity contribution in [1.29, 1.82) is 0 Å². The molecule has 1 saturated heterocycles. The lowest BCUT2D eigenvalue weighted by Crippen LogP contribution is -2.27. The molecule has 1 aliphatic heterocycles. The van der Waals surface area contributed by atoms with Crippen LogP contribution < -0.4 is 5.32 Å². The molecule has 0 aromatic carbocycles. The first kappa shape index (κ1) is 13.3. The van der Waals surface area contributed by atoms with Crippen molar-refractivity contribution in [3.05, 3.63) is 34.0 Å². The van der Waals surface area contributed by atoms with Gasteiger partial charge < -0.3 is 10.1 Å². The van der Waals surface area contributed by atoms with Crippen LogP contribution in [0.4, 0.5) is 0 Å². The number of rotatable bonds is 4. The van der Waals surface area contributed by atoms with Crippen LogP contribution in [-0.4, -0.2) is 34.3 Å². The number of nitrogens with zero attached hydrogens (tertiary/aromatic N) is 2. The Kier molecular flexibility index (Phi) is 3.79. The number of hydrogen-bond acceptors (Lipinski definition) is 5. The van der Waals surface area contributed by atoms with E-state index in [0.717, 1.165) is 23.7 Å². The van der Waals surface area contributed by atoms with Crippen LogP contribution in [0.15, 0.2) is 17.8 Å². The maximum atomic E-state index is 12.4. The van der Waals surface area contributed by atoms with Gasteiger partial charge in [0.15, 0.2) is 0 Å². The molecule has 3 rings (SSSR count). The number of hydrogen-bond donors (Lipinski definition) is 2. The van der Waals surface area contributed by atoms with E-state index >= 15 is 0 Å². The summed E-state index contributed by atoms with van der Waals surface area (Å²) < 4.78 is 5.37. The molecule has 0 radical (unpaired) electrons. The molecule has 6 nitrogen and oxygen atoms in total. The van der Waals surface area contributed by atoms with Gasteiger partial charge in [0.05, 0.1) is 30.1 Å². The van der Waals surface area contributed by atoms with Crippen LogP contribution in [0, 0.1) is 0 Å². The zero-order valence-corrected chi connectivity index (χ0v) is 11.9. The smallest absolute Gasteiger partial charge is 0.255 e. The maximum Gasteiger partial charge on any atom is 0.255 e. The van der Waals surface area contributed by atoms with Crippen molar-refractivity contribution in [2.75, 3.05) is 13.2 Å². The molecule has 2 aromatic heterocycles. The van der Waals surface area contributed by atoms with Crippen LogP contribution in [-0.2, 0) is 4.74 Å². The molecule has 1 aliphatic rings. The Bertz CT molecular complexity index is 575. The lowest BCUT2D eigenvalue weighted by molar-refractivity contribution is 0.0938. The van der Waals surface area contributed by atoms with Crippen LogP contribution in [0.5, 0.6) is 0 Å². The van der Waals surface area contributed by atoms with Gasteiger partial charge >= 0.3 is 0 Å². The van der Waals surface area contributed by atoms with Gasteiger partial charge in [0.25, 0.3) is 5.91 Å². The predicted octanol–water partition coefficient (Wildman–Crippen LogP) is 1.86. The Morgan fingerprint density at radius 2 is 2.55 bits per heavy atom. The Labute approximate surface area is 120 Å². The SMILES string of the molecule is C[C@@H](NC(=O)c1cn[nH]c1[C@@H]1CCOC1)c1nccs1. The van der Waals surface area contributed by atoms with E-state index in [1.165, 1.54) is 11.3 Å². The Hall–Kier alpha value is -1.73. The lowest BCUT2D eigenvalue weighted by Gasteiger charge is -2.12. The third-order valence-electron chi connectivity index (χ3n) is 3.42. The van der Waals surface area contributed by atoms with Gasteiger partial charge in [0.2, 0.25) is 0 Å². The first-order valence-corrected chi connectivity index (χ1v) is 7.45. The van der Waals surface area contributed by atoms with Crippen LogP contribution in [0.1, 0.15) is 46.4 Å². The highest BCUT2D eigenvalue weighted by Crippen LogP contribution is 2.26. The Morgan fingerprint density at radius 1 is 1.65 bits per heavy atom. The van der Waals surface area contributed by atoms with Gasteiger partial charge in [-0.3, -0.25) is 9.89 Å². The standard InChI is InChI=1S/C13H16N4O2S/c1-8(13-14-3-5-20-13)16-12(18)10-6-15-17-11(10)9-2-4-19-7-9/h3,5-6,8-9H,2,4,7H2,1H3,(H,15,17)(H,16,18)/t8-,9-/m1/s1. The summed E-state index contributed by atoms with van der Waals surface area (Å²) in [6.07, 6.45) is 4.24. The van der Waals surface area contributed by atoms with Crippen molar-refractivity contribution in [2.24, 2.45) is 0 Å². The molecule has 2 atom stereocenters. The van der Waals surface area contributed by atoms with Gasteiger partial charge in [-0.1, -0.05) is 0 Å². The van der Waals surface area contributed by atoms with Crippen molar-refractivity contribution in [1.82, 2.24) is 20.5 Å². The van der Waals surface area contributed by atoms with E-state index in [1.54, 1.807) is 12.4 Å². The molecule has 3 heterocycles. The van der Waals surface area contributed by atoms with E-state index < -0.39 is 0 Å². The fourth-order valence-corrected chi connectivity index (χ4v) is 2.98. The fourth-order valence-electron chi connectivity index (χ4n) is 2.33. The number of thiazole rings is 1. The number of amides is 1. The Morgan fingerprint density at radius 3 is 3.25 bits per heavy atom. The molecule has 0 saturated carbocycles. The fraction of sp³-hybridized carbons (Fsp3) is 0.462. The average molecular weight is 292 g/mol. The van der Waals surface area contributed by atoms with Crippen molar-refractivity contribution < 1.29 is 9.53 Å². The highest BCUT2D eigenvalue weighted by atomic mass is 32.1. The summed E-state index contributed by atoms with van der Waals surface area (Å²) in [5.41, 5.74) is 1.47. The summed E-state index contributed by atoms with van der Waals surface area (Å²) in [5, 5.41) is 12.7. The van der Waals surface area contributed by atoms with E-state index in [0.29, 0.717) is 12.2 Å². The zero-order chi connectivity index (χ0) is 13.9. The molecule has 106 valence electrons.